The van der Waals surface area contributed by atoms with Crippen LogP contribution in [-0.2, 0) is 4.79 Å². The standard InChI is InChI=1S/C15H15NO4/c1-3-14(17)16-6-7-19-11-4-5-12-10(2)8-15(18)20-13(12)9-11/h3-5,8-9H,1,6-7H2,2H3,(H,16,17). The first-order chi connectivity index (χ1) is 9.60. The Kier molecular flexibility index (Phi) is 4.20. The number of fused-ring (bicyclic) bond motifs is 1. The fourth-order valence-electron chi connectivity index (χ4n) is 1.81. The lowest BCUT2D eigenvalue weighted by Crippen LogP contribution is -2.26. The van der Waals surface area contributed by atoms with E-state index in [9.17, 15) is 9.59 Å². The third-order valence-electron chi connectivity index (χ3n) is 2.78. The zero-order chi connectivity index (χ0) is 14.5. The molecular weight excluding hydrogens is 258 g/mol. The molecule has 0 aliphatic rings. The molecule has 104 valence electrons. The summed E-state index contributed by atoms with van der Waals surface area (Å²) in [5.41, 5.74) is 0.967. The van der Waals surface area contributed by atoms with Crippen molar-refractivity contribution in [3.05, 3.63) is 52.9 Å². The first-order valence-corrected chi connectivity index (χ1v) is 6.18. The maximum atomic E-state index is 11.3. The molecule has 1 aromatic heterocycles. The molecule has 0 aliphatic carbocycles. The number of carbonyl (C=O) groups excluding carboxylic acids is 1. The topological polar surface area (TPSA) is 68.5 Å². The normalized spacial score (nSPS) is 10.2. The van der Waals surface area contributed by atoms with Gasteiger partial charge >= 0.3 is 5.63 Å². The van der Waals surface area contributed by atoms with Gasteiger partial charge in [0, 0.05) is 17.5 Å². The van der Waals surface area contributed by atoms with E-state index < -0.39 is 0 Å². The molecule has 2 aromatic rings. The number of amides is 1. The number of aryl methyl sites for hydroxylation is 1. The van der Waals surface area contributed by atoms with Gasteiger partial charge in [0.25, 0.3) is 0 Å². The number of ether oxygens (including phenoxy) is 1. The first kappa shape index (κ1) is 13.9. The molecule has 0 saturated carbocycles. The highest BCUT2D eigenvalue weighted by molar-refractivity contribution is 5.86. The molecule has 5 nitrogen and oxygen atoms in total. The van der Waals surface area contributed by atoms with Gasteiger partial charge in [-0.1, -0.05) is 6.58 Å². The van der Waals surface area contributed by atoms with Gasteiger partial charge in [0.15, 0.2) is 0 Å². The van der Waals surface area contributed by atoms with Gasteiger partial charge in [0.1, 0.15) is 17.9 Å². The van der Waals surface area contributed by atoms with Crippen LogP contribution >= 0.6 is 0 Å². The molecule has 0 radical (unpaired) electrons. The van der Waals surface area contributed by atoms with Gasteiger partial charge in [-0.25, -0.2) is 4.79 Å². The van der Waals surface area contributed by atoms with Crippen LogP contribution in [0.15, 0.2) is 46.1 Å². The second-order valence-electron chi connectivity index (χ2n) is 4.25. The van der Waals surface area contributed by atoms with Crippen LogP contribution in [0.1, 0.15) is 5.56 Å². The second-order valence-corrected chi connectivity index (χ2v) is 4.25. The summed E-state index contributed by atoms with van der Waals surface area (Å²) in [6, 6.07) is 6.75. The summed E-state index contributed by atoms with van der Waals surface area (Å²) in [7, 11) is 0. The van der Waals surface area contributed by atoms with E-state index in [1.165, 1.54) is 12.1 Å². The van der Waals surface area contributed by atoms with Gasteiger partial charge in [0.05, 0.1) is 6.54 Å². The third-order valence-corrected chi connectivity index (χ3v) is 2.78. The summed E-state index contributed by atoms with van der Waals surface area (Å²) in [5.74, 6) is 0.341. The van der Waals surface area contributed by atoms with E-state index in [-0.39, 0.29) is 11.5 Å². The lowest BCUT2D eigenvalue weighted by Gasteiger charge is -2.07. The van der Waals surface area contributed by atoms with Crippen LogP contribution in [0.2, 0.25) is 0 Å². The molecule has 20 heavy (non-hydrogen) atoms. The van der Waals surface area contributed by atoms with Gasteiger partial charge in [-0.2, -0.15) is 0 Å². The molecule has 1 aromatic carbocycles. The maximum absolute atomic E-state index is 11.3. The minimum Gasteiger partial charge on any atom is -0.492 e. The molecule has 0 spiro atoms. The van der Waals surface area contributed by atoms with E-state index in [1.807, 2.05) is 13.0 Å². The number of nitrogens with one attached hydrogen (secondary N) is 1. The van der Waals surface area contributed by atoms with Gasteiger partial charge in [-0.05, 0) is 30.7 Å². The SMILES string of the molecule is C=CC(=O)NCCOc1ccc2c(C)cc(=O)oc2c1. The Labute approximate surface area is 115 Å². The molecule has 1 amide bonds. The predicted molar refractivity (Wildman–Crippen MR) is 75.9 cm³/mol. The van der Waals surface area contributed by atoms with E-state index in [1.54, 1.807) is 12.1 Å². The number of hydrogen-bond acceptors (Lipinski definition) is 4. The molecule has 5 heteroatoms. The minimum absolute atomic E-state index is 0.242. The van der Waals surface area contributed by atoms with Crippen LogP contribution in [0.3, 0.4) is 0 Å². The quantitative estimate of drug-likeness (QED) is 0.512. The number of benzene rings is 1. The molecule has 0 fully saturated rings. The maximum Gasteiger partial charge on any atom is 0.336 e. The van der Waals surface area contributed by atoms with E-state index in [4.69, 9.17) is 9.15 Å². The van der Waals surface area contributed by atoms with Crippen molar-refractivity contribution in [2.75, 3.05) is 13.2 Å². The van der Waals surface area contributed by atoms with Gasteiger partial charge in [-0.15, -0.1) is 0 Å². The van der Waals surface area contributed by atoms with Crippen molar-refractivity contribution in [3.63, 3.8) is 0 Å². The Bertz CT molecular complexity index is 703. The highest BCUT2D eigenvalue weighted by Crippen LogP contribution is 2.21. The molecule has 0 saturated heterocycles. The summed E-state index contributed by atoms with van der Waals surface area (Å²) < 4.78 is 10.6. The van der Waals surface area contributed by atoms with Crippen LogP contribution < -0.4 is 15.7 Å². The summed E-state index contributed by atoms with van der Waals surface area (Å²) in [6.45, 7) is 5.90. The van der Waals surface area contributed by atoms with E-state index >= 15 is 0 Å². The third kappa shape index (κ3) is 3.26. The van der Waals surface area contributed by atoms with Crippen molar-refractivity contribution < 1.29 is 13.9 Å². The lowest BCUT2D eigenvalue weighted by molar-refractivity contribution is -0.116. The minimum atomic E-state index is -0.384. The second kappa shape index (κ2) is 6.06. The van der Waals surface area contributed by atoms with E-state index in [2.05, 4.69) is 11.9 Å². The zero-order valence-electron chi connectivity index (χ0n) is 11.1. The van der Waals surface area contributed by atoms with Gasteiger partial charge < -0.3 is 14.5 Å². The molecule has 1 N–H and O–H groups in total. The molecular formula is C15H15NO4. The Morgan fingerprint density at radius 1 is 1.45 bits per heavy atom. The Morgan fingerprint density at radius 3 is 3.00 bits per heavy atom. The number of hydrogen-bond donors (Lipinski definition) is 1. The van der Waals surface area contributed by atoms with Crippen molar-refractivity contribution >= 4 is 16.9 Å². The van der Waals surface area contributed by atoms with Crippen LogP contribution in [0.25, 0.3) is 11.0 Å². The summed E-state index contributed by atoms with van der Waals surface area (Å²) >= 11 is 0. The van der Waals surface area contributed by atoms with Crippen molar-refractivity contribution in [2.24, 2.45) is 0 Å². The summed E-state index contributed by atoms with van der Waals surface area (Å²) in [6.07, 6.45) is 1.20. The highest BCUT2D eigenvalue weighted by Gasteiger charge is 2.04. The molecule has 1 heterocycles. The van der Waals surface area contributed by atoms with Gasteiger partial charge in [-0.3, -0.25) is 4.79 Å². The van der Waals surface area contributed by atoms with Crippen LogP contribution in [0.5, 0.6) is 5.75 Å². The van der Waals surface area contributed by atoms with Crippen molar-refractivity contribution in [2.45, 2.75) is 6.92 Å². The lowest BCUT2D eigenvalue weighted by atomic mass is 10.1. The average Bonchev–Trinajstić information content (AvgIpc) is 2.42. The Hall–Kier alpha value is -2.56. The molecule has 2 rings (SSSR count). The Balaban J connectivity index is 2.06. The number of rotatable bonds is 5. The van der Waals surface area contributed by atoms with Crippen LogP contribution in [0, 0.1) is 6.92 Å². The molecule has 0 bridgehead atoms. The summed E-state index contributed by atoms with van der Waals surface area (Å²) in [4.78, 5) is 22.3. The van der Waals surface area contributed by atoms with E-state index in [0.717, 1.165) is 10.9 Å². The fraction of sp³-hybridized carbons (Fsp3) is 0.200. The average molecular weight is 273 g/mol. The monoisotopic (exact) mass is 273 g/mol. The first-order valence-electron chi connectivity index (χ1n) is 6.18. The summed E-state index contributed by atoms with van der Waals surface area (Å²) in [5, 5.41) is 3.47. The van der Waals surface area contributed by atoms with Crippen molar-refractivity contribution in [1.82, 2.24) is 5.32 Å². The highest BCUT2D eigenvalue weighted by atomic mass is 16.5. The Morgan fingerprint density at radius 2 is 2.25 bits per heavy atom. The van der Waals surface area contributed by atoms with Crippen molar-refractivity contribution in [1.29, 1.82) is 0 Å². The van der Waals surface area contributed by atoms with Crippen molar-refractivity contribution in [3.8, 4) is 5.75 Å². The van der Waals surface area contributed by atoms with E-state index in [0.29, 0.717) is 24.5 Å². The molecule has 0 aliphatic heterocycles. The van der Waals surface area contributed by atoms with Gasteiger partial charge in [0.2, 0.25) is 5.91 Å². The smallest absolute Gasteiger partial charge is 0.336 e. The number of carbonyl (C=O) groups is 1. The molecule has 0 unspecified atom stereocenters. The largest absolute Gasteiger partial charge is 0.492 e. The van der Waals surface area contributed by atoms with Crippen LogP contribution in [-0.4, -0.2) is 19.1 Å². The fourth-order valence-corrected chi connectivity index (χ4v) is 1.81. The van der Waals surface area contributed by atoms with Crippen LogP contribution in [0.4, 0.5) is 0 Å². The predicted octanol–water partition coefficient (Wildman–Crippen LogP) is 1.78. The zero-order valence-corrected chi connectivity index (χ0v) is 11.1. The molecule has 0 atom stereocenters.